The van der Waals surface area contributed by atoms with Crippen LogP contribution in [0.3, 0.4) is 0 Å². The van der Waals surface area contributed by atoms with Gasteiger partial charge in [0.1, 0.15) is 5.75 Å². The van der Waals surface area contributed by atoms with Crippen LogP contribution >= 0.6 is 22.6 Å². The summed E-state index contributed by atoms with van der Waals surface area (Å²) in [6.45, 7) is -0.276. The number of carbonyl (C=O) groups excluding carboxylic acids is 1. The lowest BCUT2D eigenvalue weighted by Crippen LogP contribution is -2.48. The van der Waals surface area contributed by atoms with Crippen molar-refractivity contribution in [2.24, 2.45) is 5.92 Å². The Kier molecular flexibility index (Phi) is 5.94. The quantitative estimate of drug-likeness (QED) is 0.741. The highest BCUT2D eigenvalue weighted by atomic mass is 127. The van der Waals surface area contributed by atoms with E-state index in [9.17, 15) is 18.0 Å². The molecule has 2 rings (SSSR count). The Balaban J connectivity index is 1.86. The van der Waals surface area contributed by atoms with E-state index < -0.39 is 24.0 Å². The fourth-order valence-corrected chi connectivity index (χ4v) is 2.98. The second-order valence-corrected chi connectivity index (χ2v) is 6.59. The Bertz CT molecular complexity index is 505. The first-order chi connectivity index (χ1) is 10.4. The van der Waals surface area contributed by atoms with Gasteiger partial charge in [-0.05, 0) is 59.7 Å². The maximum absolute atomic E-state index is 12.9. The van der Waals surface area contributed by atoms with Crippen molar-refractivity contribution in [3.05, 3.63) is 27.8 Å². The maximum Gasteiger partial charge on any atom is 0.393 e. The second kappa shape index (κ2) is 7.52. The third kappa shape index (κ3) is 5.03. The Hall–Kier alpha value is -0.990. The Morgan fingerprint density at radius 1 is 1.23 bits per heavy atom. The predicted molar refractivity (Wildman–Crippen MR) is 84.6 cm³/mol. The van der Waals surface area contributed by atoms with E-state index in [0.29, 0.717) is 25.0 Å². The summed E-state index contributed by atoms with van der Waals surface area (Å²) in [6.07, 6.45) is -2.58. The zero-order valence-corrected chi connectivity index (χ0v) is 14.0. The van der Waals surface area contributed by atoms with Crippen LogP contribution in [-0.4, -0.2) is 24.7 Å². The summed E-state index contributed by atoms with van der Waals surface area (Å²) in [5.74, 6) is -1.45. The van der Waals surface area contributed by atoms with Crippen LogP contribution in [0.4, 0.5) is 13.2 Å². The van der Waals surface area contributed by atoms with Gasteiger partial charge in [0.2, 0.25) is 0 Å². The standard InChI is InChI=1S/C15H17F3INO2/c16-15(17,18)12-3-1-2-4-13(12)20-14(21)9-22-11-7-5-10(19)6-8-11/h5-8,12-13H,1-4,9H2,(H,20,21). The summed E-state index contributed by atoms with van der Waals surface area (Å²) in [5, 5.41) is 2.47. The van der Waals surface area contributed by atoms with Crippen LogP contribution in [0.15, 0.2) is 24.3 Å². The van der Waals surface area contributed by atoms with Crippen molar-refractivity contribution in [3.63, 3.8) is 0 Å². The van der Waals surface area contributed by atoms with Crippen LogP contribution in [-0.2, 0) is 4.79 Å². The summed E-state index contributed by atoms with van der Waals surface area (Å²) in [6, 6.07) is 6.24. The van der Waals surface area contributed by atoms with E-state index in [1.165, 1.54) is 0 Å². The normalized spacial score (nSPS) is 22.2. The average Bonchev–Trinajstić information content (AvgIpc) is 2.46. The van der Waals surface area contributed by atoms with Gasteiger partial charge in [0.05, 0.1) is 5.92 Å². The number of benzene rings is 1. The molecule has 1 saturated carbocycles. The number of amides is 1. The van der Waals surface area contributed by atoms with Crippen molar-refractivity contribution < 1.29 is 22.7 Å². The van der Waals surface area contributed by atoms with Gasteiger partial charge < -0.3 is 10.1 Å². The van der Waals surface area contributed by atoms with Crippen LogP contribution in [0.5, 0.6) is 5.75 Å². The number of hydrogen-bond acceptors (Lipinski definition) is 2. The van der Waals surface area contributed by atoms with Crippen molar-refractivity contribution in [1.82, 2.24) is 5.32 Å². The molecule has 122 valence electrons. The molecule has 1 aromatic rings. The number of alkyl halides is 3. The average molecular weight is 427 g/mol. The van der Waals surface area contributed by atoms with Gasteiger partial charge in [0.15, 0.2) is 6.61 Å². The van der Waals surface area contributed by atoms with Gasteiger partial charge >= 0.3 is 6.18 Å². The highest BCUT2D eigenvalue weighted by Gasteiger charge is 2.45. The fraction of sp³-hybridized carbons (Fsp3) is 0.533. The summed E-state index contributed by atoms with van der Waals surface area (Å²) >= 11 is 2.14. The molecule has 1 N–H and O–H groups in total. The molecule has 1 aromatic carbocycles. The summed E-state index contributed by atoms with van der Waals surface area (Å²) in [7, 11) is 0. The first-order valence-corrected chi connectivity index (χ1v) is 8.18. The van der Waals surface area contributed by atoms with Gasteiger partial charge in [0.25, 0.3) is 5.91 Å². The van der Waals surface area contributed by atoms with E-state index in [4.69, 9.17) is 4.74 Å². The smallest absolute Gasteiger partial charge is 0.393 e. The monoisotopic (exact) mass is 427 g/mol. The van der Waals surface area contributed by atoms with Crippen LogP contribution in [0.2, 0.25) is 0 Å². The topological polar surface area (TPSA) is 38.3 Å². The minimum Gasteiger partial charge on any atom is -0.484 e. The summed E-state index contributed by atoms with van der Waals surface area (Å²) in [4.78, 5) is 11.8. The molecule has 3 nitrogen and oxygen atoms in total. The molecule has 0 aliphatic heterocycles. The van der Waals surface area contributed by atoms with E-state index >= 15 is 0 Å². The van der Waals surface area contributed by atoms with Crippen molar-refractivity contribution in [2.45, 2.75) is 37.9 Å². The zero-order chi connectivity index (χ0) is 16.2. The summed E-state index contributed by atoms with van der Waals surface area (Å²) in [5.41, 5.74) is 0. The van der Waals surface area contributed by atoms with Gasteiger partial charge in [-0.3, -0.25) is 4.79 Å². The lowest BCUT2D eigenvalue weighted by atomic mass is 9.84. The number of halogens is 4. The maximum atomic E-state index is 12.9. The van der Waals surface area contributed by atoms with E-state index in [1.807, 2.05) is 12.1 Å². The molecule has 0 aromatic heterocycles. The van der Waals surface area contributed by atoms with Crippen LogP contribution in [0, 0.1) is 9.49 Å². The minimum absolute atomic E-state index is 0.0758. The van der Waals surface area contributed by atoms with Crippen molar-refractivity contribution in [2.75, 3.05) is 6.61 Å². The molecule has 7 heteroatoms. The molecule has 1 fully saturated rings. The lowest BCUT2D eigenvalue weighted by Gasteiger charge is -2.33. The van der Waals surface area contributed by atoms with Crippen molar-refractivity contribution in [1.29, 1.82) is 0 Å². The first kappa shape index (κ1) is 17.4. The molecule has 0 heterocycles. The number of rotatable bonds is 4. The lowest BCUT2D eigenvalue weighted by molar-refractivity contribution is -0.189. The van der Waals surface area contributed by atoms with Crippen molar-refractivity contribution in [3.8, 4) is 5.75 Å². The molecule has 2 unspecified atom stereocenters. The highest BCUT2D eigenvalue weighted by molar-refractivity contribution is 14.1. The van der Waals surface area contributed by atoms with Crippen LogP contribution in [0.25, 0.3) is 0 Å². The molecule has 1 aliphatic rings. The molecule has 1 aliphatic carbocycles. The third-order valence-electron chi connectivity index (χ3n) is 3.72. The van der Waals surface area contributed by atoms with Gasteiger partial charge in [0, 0.05) is 9.61 Å². The number of ether oxygens (including phenoxy) is 1. The van der Waals surface area contributed by atoms with E-state index in [1.54, 1.807) is 12.1 Å². The molecule has 22 heavy (non-hydrogen) atoms. The molecular formula is C15H17F3INO2. The molecule has 0 bridgehead atoms. The van der Waals surface area contributed by atoms with Gasteiger partial charge in [-0.15, -0.1) is 0 Å². The van der Waals surface area contributed by atoms with Gasteiger partial charge in [-0.1, -0.05) is 12.8 Å². The van der Waals surface area contributed by atoms with Crippen molar-refractivity contribution >= 4 is 28.5 Å². The molecule has 0 saturated heterocycles. The Labute approximate surface area is 140 Å². The minimum atomic E-state index is -4.27. The largest absolute Gasteiger partial charge is 0.484 e. The van der Waals surface area contributed by atoms with Gasteiger partial charge in [-0.25, -0.2) is 0 Å². The van der Waals surface area contributed by atoms with Gasteiger partial charge in [-0.2, -0.15) is 13.2 Å². The summed E-state index contributed by atoms with van der Waals surface area (Å²) < 4.78 is 45.2. The SMILES string of the molecule is O=C(COc1ccc(I)cc1)NC1CCCCC1C(F)(F)F. The second-order valence-electron chi connectivity index (χ2n) is 5.35. The van der Waals surface area contributed by atoms with E-state index in [-0.39, 0.29) is 13.0 Å². The number of carbonyl (C=O) groups is 1. The zero-order valence-electron chi connectivity index (χ0n) is 11.8. The molecule has 0 spiro atoms. The van der Waals surface area contributed by atoms with E-state index in [0.717, 1.165) is 3.57 Å². The number of nitrogens with one attached hydrogen (secondary N) is 1. The van der Waals surface area contributed by atoms with E-state index in [2.05, 4.69) is 27.9 Å². The molecule has 2 atom stereocenters. The molecular weight excluding hydrogens is 410 g/mol. The predicted octanol–water partition coefficient (Wildman–Crippen LogP) is 3.91. The molecule has 1 amide bonds. The van der Waals surface area contributed by atoms with Crippen LogP contribution in [0.1, 0.15) is 25.7 Å². The number of hydrogen-bond donors (Lipinski definition) is 1. The molecule has 0 radical (unpaired) electrons. The highest BCUT2D eigenvalue weighted by Crippen LogP contribution is 2.37. The first-order valence-electron chi connectivity index (χ1n) is 7.10. The Morgan fingerprint density at radius 2 is 1.86 bits per heavy atom. The third-order valence-corrected chi connectivity index (χ3v) is 4.44. The van der Waals surface area contributed by atoms with Crippen LogP contribution < -0.4 is 10.1 Å². The fourth-order valence-electron chi connectivity index (χ4n) is 2.62. The Morgan fingerprint density at radius 3 is 2.50 bits per heavy atom.